The van der Waals surface area contributed by atoms with Crippen LogP contribution in [0.25, 0.3) is 0 Å². The summed E-state index contributed by atoms with van der Waals surface area (Å²) in [5.41, 5.74) is 6.65. The van der Waals surface area contributed by atoms with Crippen LogP contribution in [0, 0.1) is 0 Å². The number of nitrogens with two attached hydrogens (primary N) is 1. The van der Waals surface area contributed by atoms with Gasteiger partial charge in [-0.3, -0.25) is 4.79 Å². The molecule has 1 unspecified atom stereocenters. The summed E-state index contributed by atoms with van der Waals surface area (Å²) in [5.74, 6) is 0.536. The van der Waals surface area contributed by atoms with E-state index in [9.17, 15) is 9.59 Å². The van der Waals surface area contributed by atoms with Gasteiger partial charge in [0.25, 0.3) is 0 Å². The molecule has 3 rings (SSSR count). The molecule has 8 heteroatoms. The van der Waals surface area contributed by atoms with Gasteiger partial charge in [-0.1, -0.05) is 41.9 Å². The van der Waals surface area contributed by atoms with E-state index in [1.54, 1.807) is 24.3 Å². The standard InChI is InChI=1S/C19H19ClN2O5/c20-14-8-12(9-16-18(14)26-7-6-25-16)11-27-17(23)10-15(22-19(21)24)13-4-2-1-3-5-13/h1-5,8-9,15H,6-7,10-11H2,(H3,21,22,24). The van der Waals surface area contributed by atoms with Gasteiger partial charge < -0.3 is 25.3 Å². The molecule has 1 atom stereocenters. The molecule has 142 valence electrons. The summed E-state index contributed by atoms with van der Waals surface area (Å²) in [4.78, 5) is 23.5. The number of carbonyl (C=O) groups is 2. The Hall–Kier alpha value is -2.93. The maximum atomic E-state index is 12.3. The first-order valence-electron chi connectivity index (χ1n) is 8.37. The maximum absolute atomic E-state index is 12.3. The van der Waals surface area contributed by atoms with Gasteiger partial charge >= 0.3 is 12.0 Å². The average molecular weight is 391 g/mol. The molecule has 2 aromatic carbocycles. The minimum absolute atomic E-state index is 0.0211. The van der Waals surface area contributed by atoms with E-state index in [2.05, 4.69) is 5.32 Å². The van der Waals surface area contributed by atoms with Crippen LogP contribution in [0.15, 0.2) is 42.5 Å². The number of benzene rings is 2. The van der Waals surface area contributed by atoms with Crippen molar-refractivity contribution >= 4 is 23.6 Å². The highest BCUT2D eigenvalue weighted by Gasteiger charge is 2.20. The smallest absolute Gasteiger partial charge is 0.312 e. The third-order valence-electron chi connectivity index (χ3n) is 3.95. The molecule has 0 fully saturated rings. The number of nitrogens with one attached hydrogen (secondary N) is 1. The molecule has 27 heavy (non-hydrogen) atoms. The van der Waals surface area contributed by atoms with Crippen molar-refractivity contribution in [1.82, 2.24) is 5.32 Å². The lowest BCUT2D eigenvalue weighted by atomic mass is 10.0. The molecule has 0 bridgehead atoms. The van der Waals surface area contributed by atoms with E-state index in [-0.39, 0.29) is 13.0 Å². The second kappa shape index (κ2) is 8.64. The molecular formula is C19H19ClN2O5. The van der Waals surface area contributed by atoms with Crippen molar-refractivity contribution in [3.63, 3.8) is 0 Å². The number of carbonyl (C=O) groups excluding carboxylic acids is 2. The number of fused-ring (bicyclic) bond motifs is 1. The van der Waals surface area contributed by atoms with Crippen LogP contribution >= 0.6 is 11.6 Å². The Morgan fingerprint density at radius 3 is 2.67 bits per heavy atom. The van der Waals surface area contributed by atoms with E-state index in [1.807, 2.05) is 18.2 Å². The molecule has 0 spiro atoms. The minimum atomic E-state index is -0.713. The van der Waals surface area contributed by atoms with Gasteiger partial charge in [-0.25, -0.2) is 4.79 Å². The Morgan fingerprint density at radius 1 is 1.19 bits per heavy atom. The van der Waals surface area contributed by atoms with Gasteiger partial charge in [-0.05, 0) is 23.3 Å². The predicted octanol–water partition coefficient (Wildman–Crippen LogP) is 2.95. The van der Waals surface area contributed by atoms with Gasteiger partial charge in [0, 0.05) is 0 Å². The van der Waals surface area contributed by atoms with Crippen molar-refractivity contribution < 1.29 is 23.8 Å². The molecule has 7 nitrogen and oxygen atoms in total. The van der Waals surface area contributed by atoms with Gasteiger partial charge in [0.15, 0.2) is 11.5 Å². The van der Waals surface area contributed by atoms with Crippen molar-refractivity contribution in [1.29, 1.82) is 0 Å². The van der Waals surface area contributed by atoms with E-state index in [0.29, 0.717) is 35.3 Å². The summed E-state index contributed by atoms with van der Waals surface area (Å²) in [5, 5.41) is 2.95. The Balaban J connectivity index is 1.63. The van der Waals surface area contributed by atoms with Gasteiger partial charge in [-0.2, -0.15) is 0 Å². The largest absolute Gasteiger partial charge is 0.486 e. The van der Waals surface area contributed by atoms with Crippen molar-refractivity contribution in [3.8, 4) is 11.5 Å². The molecule has 1 aliphatic rings. The number of halogens is 1. The van der Waals surface area contributed by atoms with Crippen molar-refractivity contribution in [2.24, 2.45) is 5.73 Å². The van der Waals surface area contributed by atoms with E-state index >= 15 is 0 Å². The quantitative estimate of drug-likeness (QED) is 0.738. The molecule has 0 radical (unpaired) electrons. The summed E-state index contributed by atoms with van der Waals surface area (Å²) < 4.78 is 16.3. The van der Waals surface area contributed by atoms with E-state index in [4.69, 9.17) is 31.5 Å². The first-order chi connectivity index (χ1) is 13.0. The predicted molar refractivity (Wildman–Crippen MR) is 98.8 cm³/mol. The first-order valence-corrected chi connectivity index (χ1v) is 8.75. The highest BCUT2D eigenvalue weighted by Crippen LogP contribution is 2.38. The second-order valence-electron chi connectivity index (χ2n) is 5.94. The number of hydrogen-bond acceptors (Lipinski definition) is 5. The molecule has 0 saturated carbocycles. The normalized spacial score (nSPS) is 13.5. The summed E-state index contributed by atoms with van der Waals surface area (Å²) in [6, 6.07) is 11.2. The first kappa shape index (κ1) is 18.8. The maximum Gasteiger partial charge on any atom is 0.312 e. The fourth-order valence-corrected chi connectivity index (χ4v) is 3.03. The number of primary amides is 1. The van der Waals surface area contributed by atoms with Gasteiger partial charge in [0.2, 0.25) is 0 Å². The van der Waals surface area contributed by atoms with Gasteiger partial charge in [0.05, 0.1) is 17.5 Å². The van der Waals surface area contributed by atoms with Gasteiger partial charge in [-0.15, -0.1) is 0 Å². The van der Waals surface area contributed by atoms with E-state index in [0.717, 1.165) is 5.56 Å². The Kier molecular flexibility index (Phi) is 6.03. The molecule has 2 amide bonds. The minimum Gasteiger partial charge on any atom is -0.486 e. The zero-order valence-corrected chi connectivity index (χ0v) is 15.2. The molecule has 1 aliphatic heterocycles. The number of rotatable bonds is 6. The topological polar surface area (TPSA) is 99.9 Å². The summed E-state index contributed by atoms with van der Waals surface area (Å²) in [6.45, 7) is 0.895. The van der Waals surface area contributed by atoms with Gasteiger partial charge in [0.1, 0.15) is 19.8 Å². The lowest BCUT2D eigenvalue weighted by Gasteiger charge is -2.20. The van der Waals surface area contributed by atoms with Crippen LogP contribution in [0.4, 0.5) is 4.79 Å². The molecule has 0 saturated heterocycles. The average Bonchev–Trinajstić information content (AvgIpc) is 2.66. The number of hydrogen-bond donors (Lipinski definition) is 2. The monoisotopic (exact) mass is 390 g/mol. The van der Waals surface area contributed by atoms with Crippen LogP contribution in [-0.2, 0) is 16.1 Å². The number of ether oxygens (including phenoxy) is 3. The van der Waals surface area contributed by atoms with E-state index in [1.165, 1.54) is 0 Å². The molecule has 0 aromatic heterocycles. The van der Waals surface area contributed by atoms with Crippen LogP contribution in [0.2, 0.25) is 5.02 Å². The highest BCUT2D eigenvalue weighted by atomic mass is 35.5. The molecule has 3 N–H and O–H groups in total. The lowest BCUT2D eigenvalue weighted by Crippen LogP contribution is -2.34. The highest BCUT2D eigenvalue weighted by molar-refractivity contribution is 6.32. The van der Waals surface area contributed by atoms with Crippen molar-refractivity contribution in [2.75, 3.05) is 13.2 Å². The van der Waals surface area contributed by atoms with Crippen LogP contribution in [0.5, 0.6) is 11.5 Å². The molecule has 2 aromatic rings. The Morgan fingerprint density at radius 2 is 1.93 bits per heavy atom. The summed E-state index contributed by atoms with van der Waals surface area (Å²) >= 11 is 6.18. The van der Waals surface area contributed by atoms with Crippen LogP contribution in [0.1, 0.15) is 23.6 Å². The van der Waals surface area contributed by atoms with E-state index < -0.39 is 18.0 Å². The third-order valence-corrected chi connectivity index (χ3v) is 4.23. The number of urea groups is 1. The fraction of sp³-hybridized carbons (Fsp3) is 0.263. The Bertz CT molecular complexity index is 828. The second-order valence-corrected chi connectivity index (χ2v) is 6.35. The molecular weight excluding hydrogens is 372 g/mol. The molecule has 1 heterocycles. The SMILES string of the molecule is NC(=O)NC(CC(=O)OCc1cc(Cl)c2c(c1)OCCO2)c1ccccc1. The Labute approximate surface area is 161 Å². The summed E-state index contributed by atoms with van der Waals surface area (Å²) in [6.07, 6.45) is -0.0504. The third kappa shape index (κ3) is 5.04. The van der Waals surface area contributed by atoms with Crippen LogP contribution in [0.3, 0.4) is 0 Å². The van der Waals surface area contributed by atoms with Crippen molar-refractivity contribution in [3.05, 3.63) is 58.6 Å². The number of amides is 2. The zero-order valence-electron chi connectivity index (χ0n) is 14.4. The number of esters is 1. The lowest BCUT2D eigenvalue weighted by molar-refractivity contribution is -0.145. The summed E-state index contributed by atoms with van der Waals surface area (Å²) in [7, 11) is 0. The zero-order chi connectivity index (χ0) is 19.2. The van der Waals surface area contributed by atoms with Crippen molar-refractivity contribution in [2.45, 2.75) is 19.1 Å². The van der Waals surface area contributed by atoms with Crippen LogP contribution in [-0.4, -0.2) is 25.2 Å². The fourth-order valence-electron chi connectivity index (χ4n) is 2.75. The van der Waals surface area contributed by atoms with Crippen LogP contribution < -0.4 is 20.5 Å². The molecule has 0 aliphatic carbocycles.